The van der Waals surface area contributed by atoms with Crippen molar-refractivity contribution < 1.29 is 78.3 Å². The molecule has 0 aliphatic carbocycles. The van der Waals surface area contributed by atoms with Gasteiger partial charge >= 0.3 is 29.8 Å². The molecule has 0 radical (unpaired) electrons. The zero-order chi connectivity index (χ0) is 54.5. The monoisotopic (exact) mass is 1050 g/mol. The molecule has 6 atom stereocenters. The van der Waals surface area contributed by atoms with Crippen LogP contribution in [0.3, 0.4) is 0 Å². The molecular formula is C40H51N15O17S. The van der Waals surface area contributed by atoms with Crippen LogP contribution in [0.25, 0.3) is 11.2 Å². The van der Waals surface area contributed by atoms with Crippen LogP contribution in [0.2, 0.25) is 0 Å². The number of thiol groups is 1. The molecule has 32 nitrogen and oxygen atoms in total. The normalized spacial score (nSPS) is 13.2. The second-order valence-electron chi connectivity index (χ2n) is 15.5. The molecule has 0 unspecified atom stereocenters. The van der Waals surface area contributed by atoms with E-state index in [0.29, 0.717) is 11.4 Å². The van der Waals surface area contributed by atoms with Gasteiger partial charge in [-0.05, 0) is 43.5 Å². The lowest BCUT2D eigenvalue weighted by Gasteiger charge is -2.26. The second kappa shape index (κ2) is 27.9. The van der Waals surface area contributed by atoms with Crippen LogP contribution in [0, 0.1) is 5.41 Å². The molecular weight excluding hydrogens is 995 g/mol. The van der Waals surface area contributed by atoms with E-state index >= 15 is 0 Å². The maximum atomic E-state index is 13.7. The smallest absolute Gasteiger partial charge is 0.327 e. The fourth-order valence-corrected chi connectivity index (χ4v) is 6.50. The number of benzene rings is 1. The van der Waals surface area contributed by atoms with E-state index in [0.717, 1.165) is 0 Å². The van der Waals surface area contributed by atoms with Gasteiger partial charge in [-0.15, -0.1) is 0 Å². The number of carboxylic acid groups (broad SMARTS) is 5. The lowest BCUT2D eigenvalue weighted by Crippen LogP contribution is -2.59. The van der Waals surface area contributed by atoms with E-state index < -0.39 is 157 Å². The number of fused-ring (bicyclic) bond motifs is 1. The summed E-state index contributed by atoms with van der Waals surface area (Å²) in [6, 6.07) is -5.54. The first-order valence-electron chi connectivity index (χ1n) is 21.3. The van der Waals surface area contributed by atoms with Crippen molar-refractivity contribution in [2.24, 2.45) is 5.73 Å². The zero-order valence-electron chi connectivity index (χ0n) is 38.0. The van der Waals surface area contributed by atoms with Gasteiger partial charge in [0, 0.05) is 30.0 Å². The largest absolute Gasteiger partial charge is 0.481 e. The highest BCUT2D eigenvalue weighted by Crippen LogP contribution is 2.13. The van der Waals surface area contributed by atoms with Gasteiger partial charge in [0.05, 0.1) is 37.7 Å². The van der Waals surface area contributed by atoms with Crippen LogP contribution in [-0.4, -0.2) is 165 Å². The molecule has 0 aliphatic rings. The number of anilines is 2. The van der Waals surface area contributed by atoms with Gasteiger partial charge in [0.15, 0.2) is 17.1 Å². The number of carbonyl (C=O) groups is 11. The molecule has 0 aliphatic heterocycles. The van der Waals surface area contributed by atoms with Gasteiger partial charge in [0.25, 0.3) is 11.5 Å². The average Bonchev–Trinajstić information content (AvgIpc) is 3.30. The Kier molecular flexibility index (Phi) is 22.2. The minimum atomic E-state index is -2.10. The van der Waals surface area contributed by atoms with Crippen LogP contribution < -0.4 is 59.6 Å². The van der Waals surface area contributed by atoms with Gasteiger partial charge in [-0.2, -0.15) is 17.6 Å². The van der Waals surface area contributed by atoms with Crippen molar-refractivity contribution in [3.8, 4) is 0 Å². The number of rotatable bonds is 30. The van der Waals surface area contributed by atoms with Crippen molar-refractivity contribution >= 4 is 107 Å². The van der Waals surface area contributed by atoms with Crippen molar-refractivity contribution in [1.29, 1.82) is 5.41 Å². The third kappa shape index (κ3) is 19.6. The highest BCUT2D eigenvalue weighted by Gasteiger charge is 2.35. The number of carbonyl (C=O) groups excluding carboxylic acids is 6. The molecule has 0 bridgehead atoms. The molecule has 0 spiro atoms. The second-order valence-corrected chi connectivity index (χ2v) is 15.8. The number of nitrogens with zero attached hydrogens (tertiary/aromatic N) is 3. The Morgan fingerprint density at radius 3 is 1.68 bits per heavy atom. The van der Waals surface area contributed by atoms with Crippen molar-refractivity contribution in [3.63, 3.8) is 0 Å². The van der Waals surface area contributed by atoms with Gasteiger partial charge in [-0.1, -0.05) is 0 Å². The number of aromatic amines is 1. The van der Waals surface area contributed by atoms with Crippen molar-refractivity contribution in [3.05, 3.63) is 52.1 Å². The molecule has 33 heteroatoms. The lowest BCUT2D eigenvalue weighted by atomic mass is 10.1. The van der Waals surface area contributed by atoms with Gasteiger partial charge in [0.2, 0.25) is 35.5 Å². The summed E-state index contributed by atoms with van der Waals surface area (Å²) in [5.74, 6) is -16.6. The average molecular weight is 1050 g/mol. The Labute approximate surface area is 415 Å². The molecule has 2 aromatic heterocycles. The van der Waals surface area contributed by atoms with Crippen LogP contribution in [0.1, 0.15) is 61.0 Å². The first-order chi connectivity index (χ1) is 34.4. The molecule has 2 heterocycles. The molecule has 3 aromatic rings. The topological polar surface area (TPSA) is 533 Å². The van der Waals surface area contributed by atoms with Crippen LogP contribution in [0.4, 0.5) is 11.6 Å². The third-order valence-electron chi connectivity index (χ3n) is 9.84. The summed E-state index contributed by atoms with van der Waals surface area (Å²) in [5, 5.41) is 72.8. The van der Waals surface area contributed by atoms with E-state index in [2.05, 4.69) is 59.1 Å². The molecule has 73 heavy (non-hydrogen) atoms. The maximum Gasteiger partial charge on any atom is 0.327 e. The van der Waals surface area contributed by atoms with Crippen LogP contribution >= 0.6 is 12.6 Å². The fraction of sp³-hybridized carbons (Fsp3) is 0.400. The van der Waals surface area contributed by atoms with E-state index in [1.807, 2.05) is 16.0 Å². The van der Waals surface area contributed by atoms with Gasteiger partial charge < -0.3 is 79.5 Å². The third-order valence-corrected chi connectivity index (χ3v) is 10.2. The fourth-order valence-electron chi connectivity index (χ4n) is 6.25. The van der Waals surface area contributed by atoms with Crippen molar-refractivity contribution in [2.45, 2.75) is 87.7 Å². The summed E-state index contributed by atoms with van der Waals surface area (Å²) >= 11 is 3.78. The summed E-state index contributed by atoms with van der Waals surface area (Å²) in [5.41, 5.74) is 11.0. The minimum absolute atomic E-state index is 0.00363. The van der Waals surface area contributed by atoms with Crippen LogP contribution in [0.15, 0.2) is 35.3 Å². The number of H-pyrrole nitrogens is 1. The van der Waals surface area contributed by atoms with Crippen LogP contribution in [0.5, 0.6) is 0 Å². The zero-order valence-corrected chi connectivity index (χ0v) is 38.9. The van der Waals surface area contributed by atoms with Gasteiger partial charge in [0.1, 0.15) is 36.3 Å². The summed E-state index contributed by atoms with van der Waals surface area (Å²) in [6.07, 6.45) is -3.88. The van der Waals surface area contributed by atoms with Crippen molar-refractivity contribution in [2.75, 3.05) is 23.3 Å². The number of guanidine groups is 1. The minimum Gasteiger partial charge on any atom is -0.481 e. The molecule has 394 valence electrons. The van der Waals surface area contributed by atoms with E-state index in [9.17, 15) is 83.1 Å². The number of carboxylic acids is 5. The Morgan fingerprint density at radius 2 is 1.18 bits per heavy atom. The number of hydrogen-bond donors (Lipinski definition) is 18. The van der Waals surface area contributed by atoms with Gasteiger partial charge in [-0.3, -0.25) is 58.3 Å². The lowest BCUT2D eigenvalue weighted by molar-refractivity contribution is -0.144. The summed E-state index contributed by atoms with van der Waals surface area (Å²) < 4.78 is 0. The Hall–Kier alpha value is -9.17. The summed E-state index contributed by atoms with van der Waals surface area (Å²) in [6.45, 7) is -0.0194. The van der Waals surface area contributed by atoms with E-state index in [1.165, 1.54) is 30.5 Å². The Balaban J connectivity index is 1.70. The maximum absolute atomic E-state index is 13.7. The first kappa shape index (κ1) is 58.1. The quantitative estimate of drug-likeness (QED) is 0.0129. The number of aliphatic carboxylic acids is 5. The predicted octanol–water partition coefficient (Wildman–Crippen LogP) is -5.00. The Bertz CT molecular complexity index is 2650. The molecule has 1 aromatic carbocycles. The molecule has 0 saturated heterocycles. The van der Waals surface area contributed by atoms with Crippen LogP contribution in [-0.2, 0) is 54.5 Å². The number of nitrogen functional groups attached to an aromatic ring is 1. The highest BCUT2D eigenvalue weighted by molar-refractivity contribution is 7.80. The number of nitrogens with two attached hydrogens (primary N) is 2. The molecule has 0 saturated carbocycles. The molecule has 19 N–H and O–H groups in total. The first-order valence-corrected chi connectivity index (χ1v) is 22.0. The molecule has 0 fully saturated rings. The predicted molar refractivity (Wildman–Crippen MR) is 251 cm³/mol. The van der Waals surface area contributed by atoms with Crippen molar-refractivity contribution in [1.82, 2.24) is 57.2 Å². The number of amides is 6. The number of hydrogen-bond acceptors (Lipinski definition) is 19. The standard InChI is InChI=1S/C40H51N15O17S/c41-39(42)44-9-1-2-19(32(64)51-22(11-27(59)60)34(66)52-23(12-28(61)62)35(67)53-24(15-73)38(71)72)49-33(65)21(10-26(57)58)48-25(56)8-7-20(37(69)70)50-31(63)16-3-5-17(6-4-16)45-13-18-14-46-30-29(47-18)36(68)55-40(43)54-30/h3-6,14,19-24,45,73H,1-2,7-13,15H2,(H,48,56)(H,49,65)(H,50,63)(H,51,64)(H,52,66)(H,53,67)(H,57,58)(H,59,60)(H,61,62)(H,69,70)(H,71,72)(H4,41,42,44)(H3,43,46,54,55,68)/t19-,20-,21-,22-,23+,24+/m0/s1. The Morgan fingerprint density at radius 1 is 0.671 bits per heavy atom. The molecule has 3 rings (SSSR count). The highest BCUT2D eigenvalue weighted by atomic mass is 32.1. The summed E-state index contributed by atoms with van der Waals surface area (Å²) in [4.78, 5) is 165. The number of nitrogens with one attached hydrogen (secondary N) is 10. The van der Waals surface area contributed by atoms with E-state index in [1.54, 1.807) is 0 Å². The SMILES string of the molecule is N=C(N)NCCC[C@H](NC(=O)[C@H](CC(=O)O)NC(=O)CC[C@H](NC(=O)c1ccc(NCc2cnc3nc(N)[nH]c(=O)c3n2)cc1)C(=O)O)C(=O)N[C@@H](CC(=O)O)C(=O)N[C@H](CC(=O)O)C(=O)N[C@H](CS)C(=O)O. The number of aromatic nitrogens is 4. The van der Waals surface area contributed by atoms with E-state index in [-0.39, 0.29) is 42.2 Å². The summed E-state index contributed by atoms with van der Waals surface area (Å²) in [7, 11) is 0. The van der Waals surface area contributed by atoms with Gasteiger partial charge in [-0.25, -0.2) is 19.6 Å². The van der Waals surface area contributed by atoms with E-state index in [4.69, 9.17) is 16.9 Å². The molecule has 6 amide bonds.